The second kappa shape index (κ2) is 8.51. The Morgan fingerprint density at radius 2 is 1.22 bits per heavy atom. The highest BCUT2D eigenvalue weighted by atomic mass is 79.9. The summed E-state index contributed by atoms with van der Waals surface area (Å²) in [5, 5.41) is 8.43. The van der Waals surface area contributed by atoms with Crippen LogP contribution in [-0.2, 0) is 9.59 Å². The van der Waals surface area contributed by atoms with E-state index in [4.69, 9.17) is 0 Å². The lowest BCUT2D eigenvalue weighted by Gasteiger charge is -2.09. The van der Waals surface area contributed by atoms with Crippen molar-refractivity contribution in [1.82, 2.24) is 0 Å². The molecule has 0 spiro atoms. The number of carbonyl (C=O) groups excluding carboxylic acids is 2. The minimum atomic E-state index is -0.723. The van der Waals surface area contributed by atoms with Crippen LogP contribution in [0, 0.1) is 6.92 Å². The Hall–Kier alpha value is -3.12. The molecule has 0 aliphatic heterocycles. The van der Waals surface area contributed by atoms with Gasteiger partial charge in [-0.15, -0.1) is 0 Å². The van der Waals surface area contributed by atoms with Crippen LogP contribution in [0.5, 0.6) is 0 Å². The van der Waals surface area contributed by atoms with Crippen LogP contribution in [0.2, 0.25) is 0 Å². The number of anilines is 4. The third-order valence-corrected chi connectivity index (χ3v) is 4.72. The van der Waals surface area contributed by atoms with E-state index < -0.39 is 11.8 Å². The summed E-state index contributed by atoms with van der Waals surface area (Å²) in [6.45, 7) is 1.91. The fourth-order valence-electron chi connectivity index (χ4n) is 2.42. The van der Waals surface area contributed by atoms with Gasteiger partial charge in [-0.1, -0.05) is 34.1 Å². The zero-order valence-electron chi connectivity index (χ0n) is 14.6. The average Bonchev–Trinajstić information content (AvgIpc) is 2.67. The first kappa shape index (κ1) is 18.7. The van der Waals surface area contributed by atoms with Crippen molar-refractivity contribution in [2.24, 2.45) is 0 Å². The second-order valence-electron chi connectivity index (χ2n) is 5.94. The van der Waals surface area contributed by atoms with E-state index in [1.807, 2.05) is 55.5 Å². The first-order chi connectivity index (χ1) is 13.0. The lowest BCUT2D eigenvalue weighted by atomic mass is 10.2. The molecule has 2 amide bonds. The van der Waals surface area contributed by atoms with Crippen LogP contribution in [0.25, 0.3) is 0 Å². The summed E-state index contributed by atoms with van der Waals surface area (Å²) in [5.41, 5.74) is 3.93. The summed E-state index contributed by atoms with van der Waals surface area (Å²) in [4.78, 5) is 24.2. The van der Waals surface area contributed by atoms with Crippen molar-refractivity contribution in [3.63, 3.8) is 0 Å². The number of nitrogens with one attached hydrogen (secondary N) is 3. The molecule has 27 heavy (non-hydrogen) atoms. The molecule has 0 aliphatic carbocycles. The van der Waals surface area contributed by atoms with Gasteiger partial charge in [-0.05, 0) is 67.1 Å². The summed E-state index contributed by atoms with van der Waals surface area (Å²) in [7, 11) is 0. The number of hydrogen-bond acceptors (Lipinski definition) is 3. The topological polar surface area (TPSA) is 70.2 Å². The monoisotopic (exact) mass is 423 g/mol. The van der Waals surface area contributed by atoms with Gasteiger partial charge in [-0.3, -0.25) is 9.59 Å². The van der Waals surface area contributed by atoms with Crippen molar-refractivity contribution in [3.05, 3.63) is 82.8 Å². The first-order valence-electron chi connectivity index (χ1n) is 8.32. The molecule has 3 aromatic carbocycles. The fraction of sp³-hybridized carbons (Fsp3) is 0.0476. The summed E-state index contributed by atoms with van der Waals surface area (Å²) in [6, 6.07) is 22.2. The molecule has 3 N–H and O–H groups in total. The van der Waals surface area contributed by atoms with E-state index in [9.17, 15) is 9.59 Å². The van der Waals surface area contributed by atoms with Gasteiger partial charge < -0.3 is 16.0 Å². The predicted octanol–water partition coefficient (Wildman–Crippen LogP) is 5.08. The summed E-state index contributed by atoms with van der Waals surface area (Å²) >= 11 is 3.40. The largest absolute Gasteiger partial charge is 0.356 e. The highest BCUT2D eigenvalue weighted by Crippen LogP contribution is 2.21. The van der Waals surface area contributed by atoms with Gasteiger partial charge in [0.25, 0.3) is 0 Å². The molecule has 136 valence electrons. The summed E-state index contributed by atoms with van der Waals surface area (Å²) in [5.74, 6) is -1.44. The molecule has 0 heterocycles. The van der Waals surface area contributed by atoms with E-state index in [-0.39, 0.29) is 0 Å². The van der Waals surface area contributed by atoms with Crippen LogP contribution < -0.4 is 16.0 Å². The van der Waals surface area contributed by atoms with E-state index >= 15 is 0 Å². The lowest BCUT2D eigenvalue weighted by Crippen LogP contribution is -2.29. The maximum absolute atomic E-state index is 12.1. The van der Waals surface area contributed by atoms with Gasteiger partial charge in [0, 0.05) is 27.2 Å². The Bertz CT molecular complexity index is 957. The van der Waals surface area contributed by atoms with Gasteiger partial charge in [0.05, 0.1) is 0 Å². The lowest BCUT2D eigenvalue weighted by molar-refractivity contribution is -0.132. The fourth-order valence-corrected chi connectivity index (χ4v) is 2.67. The molecule has 0 aliphatic rings. The van der Waals surface area contributed by atoms with Crippen molar-refractivity contribution in [2.75, 3.05) is 16.0 Å². The number of aryl methyl sites for hydroxylation is 1. The van der Waals surface area contributed by atoms with Crippen molar-refractivity contribution < 1.29 is 9.59 Å². The highest BCUT2D eigenvalue weighted by Gasteiger charge is 2.14. The third kappa shape index (κ3) is 5.18. The van der Waals surface area contributed by atoms with Gasteiger partial charge in [-0.2, -0.15) is 0 Å². The van der Waals surface area contributed by atoms with Crippen molar-refractivity contribution in [2.45, 2.75) is 6.92 Å². The molecule has 6 heteroatoms. The Balaban J connectivity index is 1.58. The van der Waals surface area contributed by atoms with Gasteiger partial charge in [0.2, 0.25) is 0 Å². The van der Waals surface area contributed by atoms with E-state index in [1.54, 1.807) is 24.3 Å². The summed E-state index contributed by atoms with van der Waals surface area (Å²) in [6.07, 6.45) is 0. The number of hydrogen-bond donors (Lipinski definition) is 3. The Kier molecular flexibility index (Phi) is 5.88. The minimum absolute atomic E-state index is 0.542. The molecule has 0 aromatic heterocycles. The number of amides is 2. The molecule has 0 saturated heterocycles. The van der Waals surface area contributed by atoms with Gasteiger partial charge in [-0.25, -0.2) is 0 Å². The Morgan fingerprint density at radius 3 is 1.85 bits per heavy atom. The van der Waals surface area contributed by atoms with Crippen LogP contribution in [0.15, 0.2) is 77.3 Å². The average molecular weight is 424 g/mol. The van der Waals surface area contributed by atoms with Crippen LogP contribution in [0.3, 0.4) is 0 Å². The number of para-hydroxylation sites is 1. The molecule has 0 bridgehead atoms. The molecule has 5 nitrogen and oxygen atoms in total. The van der Waals surface area contributed by atoms with Crippen molar-refractivity contribution in [3.8, 4) is 0 Å². The number of carbonyl (C=O) groups is 2. The smallest absolute Gasteiger partial charge is 0.314 e. The molecule has 3 aromatic rings. The van der Waals surface area contributed by atoms with E-state index in [0.717, 1.165) is 21.4 Å². The molecule has 0 saturated carbocycles. The zero-order valence-corrected chi connectivity index (χ0v) is 16.2. The molecule has 0 unspecified atom stereocenters. The standard InChI is InChI=1S/C21H18BrN3O2/c1-14-13-18(11-12-19(14)22)25-21(27)20(26)24-17-9-7-16(8-10-17)23-15-5-3-2-4-6-15/h2-13,23H,1H3,(H,24,26)(H,25,27). The number of halogens is 1. The Morgan fingerprint density at radius 1 is 0.704 bits per heavy atom. The van der Waals surface area contributed by atoms with Crippen LogP contribution >= 0.6 is 15.9 Å². The highest BCUT2D eigenvalue weighted by molar-refractivity contribution is 9.10. The number of rotatable bonds is 4. The van der Waals surface area contributed by atoms with Crippen molar-refractivity contribution in [1.29, 1.82) is 0 Å². The predicted molar refractivity (Wildman–Crippen MR) is 112 cm³/mol. The molecular formula is C21H18BrN3O2. The minimum Gasteiger partial charge on any atom is -0.356 e. The normalized spacial score (nSPS) is 10.1. The van der Waals surface area contributed by atoms with E-state index in [0.29, 0.717) is 11.4 Å². The SMILES string of the molecule is Cc1cc(NC(=O)C(=O)Nc2ccc(Nc3ccccc3)cc2)ccc1Br. The van der Waals surface area contributed by atoms with Crippen LogP contribution in [0.1, 0.15) is 5.56 Å². The van der Waals surface area contributed by atoms with Crippen molar-refractivity contribution >= 4 is 50.5 Å². The molecule has 0 radical (unpaired) electrons. The van der Waals surface area contributed by atoms with Crippen LogP contribution in [0.4, 0.5) is 22.7 Å². The first-order valence-corrected chi connectivity index (χ1v) is 9.11. The molecule has 3 rings (SSSR count). The molecule has 0 fully saturated rings. The summed E-state index contributed by atoms with van der Waals surface area (Å²) < 4.78 is 0.939. The second-order valence-corrected chi connectivity index (χ2v) is 6.79. The van der Waals surface area contributed by atoms with Gasteiger partial charge >= 0.3 is 11.8 Å². The Labute approximate surface area is 165 Å². The molecular weight excluding hydrogens is 406 g/mol. The maximum atomic E-state index is 12.1. The van der Waals surface area contributed by atoms with Gasteiger partial charge in [0.1, 0.15) is 0 Å². The van der Waals surface area contributed by atoms with E-state index in [1.165, 1.54) is 0 Å². The maximum Gasteiger partial charge on any atom is 0.314 e. The van der Waals surface area contributed by atoms with E-state index in [2.05, 4.69) is 31.9 Å². The quantitative estimate of drug-likeness (QED) is 0.512. The third-order valence-electron chi connectivity index (χ3n) is 3.83. The zero-order chi connectivity index (χ0) is 19.2. The van der Waals surface area contributed by atoms with Gasteiger partial charge in [0.15, 0.2) is 0 Å². The molecule has 0 atom stereocenters. The van der Waals surface area contributed by atoms with Crippen LogP contribution in [-0.4, -0.2) is 11.8 Å². The number of benzene rings is 3.